The van der Waals surface area contributed by atoms with Gasteiger partial charge in [-0.05, 0) is 11.6 Å². The summed E-state index contributed by atoms with van der Waals surface area (Å²) in [4.78, 5) is 0. The molecule has 0 aliphatic carbocycles. The number of benzene rings is 1. The van der Waals surface area contributed by atoms with Gasteiger partial charge in [-0.3, -0.25) is 0 Å². The lowest BCUT2D eigenvalue weighted by molar-refractivity contribution is 0.448. The third-order valence-electron chi connectivity index (χ3n) is 1.35. The fourth-order valence-corrected chi connectivity index (χ4v) is 1.05. The Bertz CT molecular complexity index is 226. The van der Waals surface area contributed by atoms with Gasteiger partial charge in [-0.25, -0.2) is 0 Å². The Morgan fingerprint density at radius 1 is 1.23 bits per heavy atom. The van der Waals surface area contributed by atoms with Gasteiger partial charge in [0.2, 0.25) is 0 Å². The van der Waals surface area contributed by atoms with E-state index in [4.69, 9.17) is 10.0 Å². The predicted octanol–water partition coefficient (Wildman–Crippen LogP) is -0.279. The highest BCUT2D eigenvalue weighted by Gasteiger charge is 1.79. The second-order valence-corrected chi connectivity index (χ2v) is 3.18. The molecule has 0 saturated heterocycles. The topological polar surface area (TPSA) is 40.5 Å². The van der Waals surface area contributed by atoms with Crippen LogP contribution in [-0.2, 0) is 0 Å². The van der Waals surface area contributed by atoms with Gasteiger partial charge in [-0.2, -0.15) is 0 Å². The predicted molar refractivity (Wildman–Crippen MR) is 61.8 cm³/mol. The van der Waals surface area contributed by atoms with Crippen LogP contribution in [0, 0.1) is 0 Å². The summed E-state index contributed by atoms with van der Waals surface area (Å²) in [5, 5.41) is 14.2. The molecular weight excluding hydrogens is 179 g/mol. The van der Waals surface area contributed by atoms with E-state index < -0.39 is 7.69 Å². The average molecular weight is 194 g/mol. The monoisotopic (exact) mass is 194 g/mol. The lowest BCUT2D eigenvalue weighted by atomic mass is 10.2. The lowest BCUT2D eigenvalue weighted by Gasteiger charge is -1.88. The highest BCUT2D eigenvalue weighted by Crippen LogP contribution is 2.00. The molecular formula is C9H15BO2Si. The fourth-order valence-electron chi connectivity index (χ4n) is 0.818. The van der Waals surface area contributed by atoms with E-state index in [0.717, 1.165) is 0 Å². The van der Waals surface area contributed by atoms with Crippen molar-refractivity contribution in [3.05, 3.63) is 42.0 Å². The highest BCUT2D eigenvalue weighted by molar-refractivity contribution is 6.13. The van der Waals surface area contributed by atoms with Crippen LogP contribution < -0.4 is 0 Å². The second-order valence-electron chi connectivity index (χ2n) is 2.36. The first-order valence-corrected chi connectivity index (χ1v) is 5.69. The molecule has 1 aromatic carbocycles. The summed E-state index contributed by atoms with van der Waals surface area (Å²) in [6.45, 7) is 0. The maximum atomic E-state index is 7.12. The molecule has 0 saturated carbocycles. The van der Waals surface area contributed by atoms with Crippen molar-refractivity contribution in [1.82, 2.24) is 0 Å². The first-order chi connectivity index (χ1) is 6.35. The van der Waals surface area contributed by atoms with Crippen molar-refractivity contribution in [3.63, 3.8) is 0 Å². The summed E-state index contributed by atoms with van der Waals surface area (Å²) in [6, 6.07) is 11.6. The zero-order valence-electron chi connectivity index (χ0n) is 7.85. The molecule has 0 radical (unpaired) electrons. The molecule has 0 spiro atoms. The molecule has 1 rings (SSSR count). The Hall–Kier alpha value is -0.838. The molecule has 0 aliphatic heterocycles. The van der Waals surface area contributed by atoms with Gasteiger partial charge < -0.3 is 10.0 Å². The van der Waals surface area contributed by atoms with E-state index in [0.29, 0.717) is 0 Å². The van der Waals surface area contributed by atoms with Gasteiger partial charge in [0, 0.05) is 10.2 Å². The van der Waals surface area contributed by atoms with Crippen LogP contribution in [0.25, 0.3) is 6.08 Å². The summed E-state index contributed by atoms with van der Waals surface area (Å²) in [5.41, 5.74) is 1.30. The molecule has 0 unspecified atom stereocenters. The normalized spacial score (nSPS) is 9.38. The van der Waals surface area contributed by atoms with Gasteiger partial charge in [0.15, 0.2) is 0 Å². The van der Waals surface area contributed by atoms with E-state index in [2.05, 4.69) is 36.4 Å². The van der Waals surface area contributed by atoms with Gasteiger partial charge in [0.05, 0.1) is 0 Å². The van der Waals surface area contributed by atoms with E-state index in [1.54, 1.807) is 0 Å². The Morgan fingerprint density at radius 2 is 1.77 bits per heavy atom. The molecule has 0 heterocycles. The minimum Gasteiger partial charge on any atom is -0.430 e. The largest absolute Gasteiger partial charge is 0.432 e. The Labute approximate surface area is 82.7 Å². The molecule has 0 aromatic heterocycles. The smallest absolute Gasteiger partial charge is 0.430 e. The molecule has 1 aromatic rings. The van der Waals surface area contributed by atoms with Gasteiger partial charge in [-0.15, -0.1) is 0 Å². The van der Waals surface area contributed by atoms with Crippen molar-refractivity contribution >= 4 is 24.0 Å². The van der Waals surface area contributed by atoms with Crippen LogP contribution in [0.2, 0.25) is 6.04 Å². The zero-order chi connectivity index (χ0) is 9.94. The number of hydrogen-bond donors (Lipinski definition) is 2. The average Bonchev–Trinajstić information content (AvgIpc) is 2.18. The second kappa shape index (κ2) is 9.25. The van der Waals surface area contributed by atoms with Crippen LogP contribution in [0.4, 0.5) is 0 Å². The van der Waals surface area contributed by atoms with Crippen LogP contribution in [-0.4, -0.2) is 28.0 Å². The molecule has 0 atom stereocenters. The van der Waals surface area contributed by atoms with Gasteiger partial charge in [0.1, 0.15) is 0 Å². The van der Waals surface area contributed by atoms with Crippen molar-refractivity contribution in [2.75, 3.05) is 0 Å². The van der Waals surface area contributed by atoms with Crippen LogP contribution in [0.3, 0.4) is 0 Å². The first-order valence-electron chi connectivity index (χ1n) is 4.28. The molecule has 70 valence electrons. The summed E-state index contributed by atoms with van der Waals surface area (Å²) in [6.07, 6.45) is 4.40. The third-order valence-corrected chi connectivity index (χ3v) is 1.82. The Morgan fingerprint density at radius 3 is 2.23 bits per heavy atom. The minimum atomic E-state index is -0.750. The molecule has 0 bridgehead atoms. The lowest BCUT2D eigenvalue weighted by Crippen LogP contribution is -1.75. The van der Waals surface area contributed by atoms with Crippen molar-refractivity contribution in [3.8, 4) is 0 Å². The van der Waals surface area contributed by atoms with E-state index in [1.807, 2.05) is 6.07 Å². The minimum absolute atomic E-state index is 0.750. The van der Waals surface area contributed by atoms with Gasteiger partial charge >= 0.3 is 7.69 Å². The van der Waals surface area contributed by atoms with Crippen LogP contribution in [0.1, 0.15) is 5.56 Å². The Kier molecular flexibility index (Phi) is 8.65. The summed E-state index contributed by atoms with van der Waals surface area (Å²) < 4.78 is 0. The fraction of sp³-hybridized carbons (Fsp3) is 0.111. The van der Waals surface area contributed by atoms with Crippen molar-refractivity contribution < 1.29 is 10.0 Å². The highest BCUT2D eigenvalue weighted by atomic mass is 28.1. The van der Waals surface area contributed by atoms with Gasteiger partial charge in [0.25, 0.3) is 0 Å². The maximum Gasteiger partial charge on any atom is 0.432 e. The summed E-state index contributed by atoms with van der Waals surface area (Å²) >= 11 is 0. The molecule has 0 aliphatic rings. The van der Waals surface area contributed by atoms with E-state index >= 15 is 0 Å². The summed E-state index contributed by atoms with van der Waals surface area (Å²) in [7, 11) is 0.513. The van der Waals surface area contributed by atoms with Crippen molar-refractivity contribution in [2.45, 2.75) is 6.04 Å². The Balaban J connectivity index is 0.000000424. The first kappa shape index (κ1) is 12.2. The van der Waals surface area contributed by atoms with E-state index in [9.17, 15) is 0 Å². The van der Waals surface area contributed by atoms with Crippen molar-refractivity contribution in [2.24, 2.45) is 0 Å². The quantitative estimate of drug-likeness (QED) is 0.636. The zero-order valence-corrected chi connectivity index (χ0v) is 9.85. The van der Waals surface area contributed by atoms with Crippen LogP contribution >= 0.6 is 0 Å². The molecule has 2 N–H and O–H groups in total. The standard InChI is InChI=1S/C9H12Si.BH3O2/c10-8-4-7-9-5-2-1-3-6-9;2-1-3/h1-7H,8H2,10H3;1-3H. The number of hydrogen-bond acceptors (Lipinski definition) is 2. The van der Waals surface area contributed by atoms with Crippen LogP contribution in [0.5, 0.6) is 0 Å². The molecule has 0 fully saturated rings. The van der Waals surface area contributed by atoms with Crippen LogP contribution in [0.15, 0.2) is 36.4 Å². The number of rotatable bonds is 2. The van der Waals surface area contributed by atoms with E-state index in [1.165, 1.54) is 21.9 Å². The SMILES string of the molecule is OBO.[SiH3]CC=Cc1ccccc1. The third kappa shape index (κ3) is 7.52. The molecule has 4 heteroatoms. The number of allylic oxidation sites excluding steroid dienone is 1. The van der Waals surface area contributed by atoms with Crippen molar-refractivity contribution in [1.29, 1.82) is 0 Å². The van der Waals surface area contributed by atoms with E-state index in [-0.39, 0.29) is 0 Å². The van der Waals surface area contributed by atoms with Gasteiger partial charge in [-0.1, -0.05) is 42.5 Å². The maximum absolute atomic E-state index is 7.12. The molecule has 13 heavy (non-hydrogen) atoms. The molecule has 2 nitrogen and oxygen atoms in total. The summed E-state index contributed by atoms with van der Waals surface area (Å²) in [5.74, 6) is 0. The molecule has 0 amide bonds.